The Morgan fingerprint density at radius 2 is 1.30 bits per heavy atom. The van der Waals surface area contributed by atoms with Crippen molar-refractivity contribution in [1.29, 1.82) is 0 Å². The molecule has 5 nitrogen and oxygen atoms in total. The maximum atomic E-state index is 4.97. The van der Waals surface area contributed by atoms with Gasteiger partial charge >= 0.3 is 0 Å². The Labute approximate surface area is 213 Å². The largest absolute Gasteiger partial charge is 0.294 e. The number of hydrogen-bond donors (Lipinski definition) is 0. The number of hydrogen-bond acceptors (Lipinski definition) is 4. The normalized spacial score (nSPS) is 11.2. The van der Waals surface area contributed by atoms with Crippen molar-refractivity contribution in [1.82, 2.24) is 24.5 Å². The smallest absolute Gasteiger partial charge is 0.137 e. The van der Waals surface area contributed by atoms with E-state index < -0.39 is 0 Å². The lowest BCUT2D eigenvalue weighted by Crippen LogP contribution is -1.98. The van der Waals surface area contributed by atoms with Gasteiger partial charge in [-0.25, -0.2) is 9.97 Å². The summed E-state index contributed by atoms with van der Waals surface area (Å²) in [4.78, 5) is 18.7. The van der Waals surface area contributed by atoms with Crippen LogP contribution >= 0.6 is 0 Å². The molecule has 7 aromatic rings. The van der Waals surface area contributed by atoms with Gasteiger partial charge in [0.05, 0.1) is 28.1 Å². The molecule has 0 N–H and O–H groups in total. The summed E-state index contributed by atoms with van der Waals surface area (Å²) in [6.45, 7) is 0. The number of fused-ring (bicyclic) bond motifs is 3. The van der Waals surface area contributed by atoms with Crippen LogP contribution in [-0.2, 0) is 0 Å². The summed E-state index contributed by atoms with van der Waals surface area (Å²) in [7, 11) is 0. The topological polar surface area (TPSA) is 56.5 Å². The highest BCUT2D eigenvalue weighted by atomic mass is 15.1. The van der Waals surface area contributed by atoms with Gasteiger partial charge in [0.1, 0.15) is 5.82 Å². The van der Waals surface area contributed by atoms with Gasteiger partial charge in [0.2, 0.25) is 0 Å². The van der Waals surface area contributed by atoms with Gasteiger partial charge in [-0.2, -0.15) is 0 Å². The minimum atomic E-state index is 0.830. The van der Waals surface area contributed by atoms with E-state index in [4.69, 9.17) is 9.97 Å². The van der Waals surface area contributed by atoms with Crippen molar-refractivity contribution < 1.29 is 0 Å². The zero-order chi connectivity index (χ0) is 24.6. The van der Waals surface area contributed by atoms with Crippen LogP contribution < -0.4 is 0 Å². The summed E-state index contributed by atoms with van der Waals surface area (Å²) in [5, 5.41) is 2.27. The summed E-state index contributed by atoms with van der Waals surface area (Å²) in [6.07, 6.45) is 7.44. The molecular weight excluding hydrogens is 454 g/mol. The standard InChI is InChI=1S/C32H21N5/c1-2-8-22(9-3-1)24-18-28(36-29(19-24)27-11-6-7-16-34-27)23-13-14-32(35-20-23)37-30-12-5-4-10-25(30)26-21-33-17-15-31(26)37/h1-21H. The van der Waals surface area contributed by atoms with E-state index in [-0.39, 0.29) is 0 Å². The van der Waals surface area contributed by atoms with Crippen LogP contribution in [0.3, 0.4) is 0 Å². The minimum absolute atomic E-state index is 0.830. The van der Waals surface area contributed by atoms with Gasteiger partial charge in [-0.1, -0.05) is 54.6 Å². The van der Waals surface area contributed by atoms with Crippen LogP contribution in [-0.4, -0.2) is 24.5 Å². The van der Waals surface area contributed by atoms with E-state index in [0.29, 0.717) is 0 Å². The fraction of sp³-hybridized carbons (Fsp3) is 0. The molecule has 0 spiro atoms. The second kappa shape index (κ2) is 8.81. The molecule has 0 saturated heterocycles. The summed E-state index contributed by atoms with van der Waals surface area (Å²) < 4.78 is 2.18. The van der Waals surface area contributed by atoms with Crippen LogP contribution in [0.2, 0.25) is 0 Å². The molecule has 0 aliphatic heterocycles. The Morgan fingerprint density at radius 3 is 2.14 bits per heavy atom. The van der Waals surface area contributed by atoms with E-state index in [1.165, 1.54) is 0 Å². The van der Waals surface area contributed by atoms with Crippen molar-refractivity contribution in [2.75, 3.05) is 0 Å². The number of rotatable bonds is 4. The first kappa shape index (κ1) is 21.1. The van der Waals surface area contributed by atoms with Crippen LogP contribution in [0.15, 0.2) is 128 Å². The Kier molecular flexibility index (Phi) is 5.03. The van der Waals surface area contributed by atoms with E-state index in [1.807, 2.05) is 61.1 Å². The Hall–Kier alpha value is -5.16. The van der Waals surface area contributed by atoms with E-state index >= 15 is 0 Å². The van der Waals surface area contributed by atoms with Gasteiger partial charge in [-0.15, -0.1) is 0 Å². The quantitative estimate of drug-likeness (QED) is 0.267. The van der Waals surface area contributed by atoms with Crippen LogP contribution in [0.25, 0.3) is 61.4 Å². The highest BCUT2D eigenvalue weighted by molar-refractivity contribution is 6.08. The maximum absolute atomic E-state index is 4.97. The molecule has 2 aromatic carbocycles. The summed E-state index contributed by atoms with van der Waals surface area (Å²) in [5.74, 6) is 0.852. The van der Waals surface area contributed by atoms with Crippen LogP contribution in [0.5, 0.6) is 0 Å². The van der Waals surface area contributed by atoms with E-state index in [0.717, 1.165) is 61.4 Å². The summed E-state index contributed by atoms with van der Waals surface area (Å²) in [5.41, 5.74) is 7.87. The van der Waals surface area contributed by atoms with Crippen molar-refractivity contribution in [2.45, 2.75) is 0 Å². The molecule has 174 valence electrons. The van der Waals surface area contributed by atoms with Gasteiger partial charge < -0.3 is 0 Å². The average Bonchev–Trinajstić information content (AvgIpc) is 3.32. The molecule has 0 amide bonds. The first-order valence-electron chi connectivity index (χ1n) is 12.1. The van der Waals surface area contributed by atoms with Crippen molar-refractivity contribution in [3.63, 3.8) is 0 Å². The molecule has 0 atom stereocenters. The van der Waals surface area contributed by atoms with E-state index in [1.54, 1.807) is 6.20 Å². The van der Waals surface area contributed by atoms with Gasteiger partial charge in [-0.3, -0.25) is 14.5 Å². The van der Waals surface area contributed by atoms with E-state index in [9.17, 15) is 0 Å². The number of benzene rings is 2. The van der Waals surface area contributed by atoms with Crippen molar-refractivity contribution in [2.24, 2.45) is 0 Å². The van der Waals surface area contributed by atoms with Crippen molar-refractivity contribution >= 4 is 21.8 Å². The van der Waals surface area contributed by atoms with Crippen LogP contribution in [0, 0.1) is 0 Å². The Balaban J connectivity index is 1.37. The molecular formula is C32H21N5. The molecule has 7 rings (SSSR count). The first-order valence-corrected chi connectivity index (χ1v) is 12.1. The Morgan fingerprint density at radius 1 is 0.486 bits per heavy atom. The fourth-order valence-corrected chi connectivity index (χ4v) is 4.85. The third-order valence-corrected chi connectivity index (χ3v) is 6.61. The predicted molar refractivity (Wildman–Crippen MR) is 148 cm³/mol. The summed E-state index contributed by atoms with van der Waals surface area (Å²) in [6, 6.07) is 35.0. The molecule has 5 heterocycles. The first-order chi connectivity index (χ1) is 18.3. The number of nitrogens with zero attached hydrogens (tertiary/aromatic N) is 5. The third kappa shape index (κ3) is 3.74. The molecule has 5 heteroatoms. The van der Waals surface area contributed by atoms with Gasteiger partial charge in [0.25, 0.3) is 0 Å². The summed E-state index contributed by atoms with van der Waals surface area (Å²) >= 11 is 0. The SMILES string of the molecule is c1ccc(-c2cc(-c3ccc(-n4c5ccccc5c5cnccc54)nc3)nc(-c3ccccn3)c2)cc1. The van der Waals surface area contributed by atoms with Crippen LogP contribution in [0.4, 0.5) is 0 Å². The molecule has 0 saturated carbocycles. The molecule has 0 radical (unpaired) electrons. The van der Waals surface area contributed by atoms with Crippen molar-refractivity contribution in [3.8, 4) is 39.6 Å². The highest BCUT2D eigenvalue weighted by Crippen LogP contribution is 2.32. The van der Waals surface area contributed by atoms with Gasteiger partial charge in [-0.05, 0) is 59.7 Å². The van der Waals surface area contributed by atoms with Gasteiger partial charge in [0.15, 0.2) is 0 Å². The second-order valence-corrected chi connectivity index (χ2v) is 8.86. The lowest BCUT2D eigenvalue weighted by atomic mass is 10.0. The molecule has 0 aliphatic rings. The molecule has 0 fully saturated rings. The van der Waals surface area contributed by atoms with Crippen LogP contribution in [0.1, 0.15) is 0 Å². The maximum Gasteiger partial charge on any atom is 0.137 e. The van der Waals surface area contributed by atoms with Crippen molar-refractivity contribution in [3.05, 3.63) is 128 Å². The lowest BCUT2D eigenvalue weighted by molar-refractivity contribution is 1.08. The number of pyridine rings is 4. The number of aromatic nitrogens is 5. The molecule has 0 unspecified atom stereocenters. The lowest BCUT2D eigenvalue weighted by Gasteiger charge is -2.11. The molecule has 0 bridgehead atoms. The van der Waals surface area contributed by atoms with Gasteiger partial charge in [0, 0.05) is 41.1 Å². The average molecular weight is 476 g/mol. The Bertz CT molecular complexity index is 1750. The second-order valence-electron chi connectivity index (χ2n) is 8.86. The molecule has 37 heavy (non-hydrogen) atoms. The minimum Gasteiger partial charge on any atom is -0.294 e. The highest BCUT2D eigenvalue weighted by Gasteiger charge is 2.14. The number of para-hydroxylation sites is 1. The zero-order valence-corrected chi connectivity index (χ0v) is 19.9. The zero-order valence-electron chi connectivity index (χ0n) is 19.9. The fourth-order valence-electron chi connectivity index (χ4n) is 4.85. The molecule has 0 aliphatic carbocycles. The van der Waals surface area contributed by atoms with E-state index in [2.05, 4.69) is 75.2 Å². The molecule has 5 aromatic heterocycles. The third-order valence-electron chi connectivity index (χ3n) is 6.61. The predicted octanol–water partition coefficient (Wildman–Crippen LogP) is 7.36. The monoisotopic (exact) mass is 475 g/mol.